The maximum absolute atomic E-state index is 11.4. The molecule has 5 nitrogen and oxygen atoms in total. The summed E-state index contributed by atoms with van der Waals surface area (Å²) in [6, 6.07) is 12.3. The van der Waals surface area contributed by atoms with Crippen LogP contribution < -0.4 is 20.3 Å². The Balaban J connectivity index is 1.49. The smallest absolute Gasteiger partial charge is 0.262 e. The van der Waals surface area contributed by atoms with Crippen molar-refractivity contribution in [1.29, 1.82) is 0 Å². The van der Waals surface area contributed by atoms with E-state index < -0.39 is 0 Å². The molecule has 1 saturated heterocycles. The van der Waals surface area contributed by atoms with Gasteiger partial charge in [0, 0.05) is 36.2 Å². The number of rotatable bonds is 3. The van der Waals surface area contributed by atoms with Gasteiger partial charge in [-0.25, -0.2) is 0 Å². The predicted molar refractivity (Wildman–Crippen MR) is 106 cm³/mol. The Kier molecular flexibility index (Phi) is 4.45. The van der Waals surface area contributed by atoms with E-state index in [1.54, 1.807) is 0 Å². The first-order chi connectivity index (χ1) is 12.6. The fourth-order valence-electron chi connectivity index (χ4n) is 3.56. The van der Waals surface area contributed by atoms with Crippen molar-refractivity contribution >= 4 is 28.7 Å². The van der Waals surface area contributed by atoms with Crippen LogP contribution in [0.4, 0.5) is 22.7 Å². The van der Waals surface area contributed by atoms with Crippen LogP contribution in [0.1, 0.15) is 25.3 Å². The molecule has 2 aromatic rings. The van der Waals surface area contributed by atoms with Crippen LogP contribution in [0.5, 0.6) is 5.75 Å². The molecule has 0 bridgehead atoms. The van der Waals surface area contributed by atoms with Gasteiger partial charge >= 0.3 is 0 Å². The summed E-state index contributed by atoms with van der Waals surface area (Å²) in [4.78, 5) is 13.8. The normalized spacial score (nSPS) is 17.3. The van der Waals surface area contributed by atoms with Crippen LogP contribution in [-0.2, 0) is 4.79 Å². The minimum absolute atomic E-state index is 0.0681. The number of nitrogens with one attached hydrogen (secondary N) is 2. The number of carbonyl (C=O) groups is 1. The molecule has 5 heteroatoms. The molecule has 136 valence electrons. The molecule has 0 unspecified atom stereocenters. The lowest BCUT2D eigenvalue weighted by Gasteiger charge is -2.32. The minimum atomic E-state index is -0.114. The van der Waals surface area contributed by atoms with Crippen molar-refractivity contribution in [1.82, 2.24) is 0 Å². The van der Waals surface area contributed by atoms with E-state index in [0.29, 0.717) is 5.75 Å². The number of piperidine rings is 1. The van der Waals surface area contributed by atoms with Crippen molar-refractivity contribution in [3.05, 3.63) is 42.0 Å². The summed E-state index contributed by atoms with van der Waals surface area (Å²) in [7, 11) is 0. The number of hydrogen-bond acceptors (Lipinski definition) is 4. The zero-order valence-corrected chi connectivity index (χ0v) is 15.3. The quantitative estimate of drug-likeness (QED) is 0.865. The molecule has 0 aliphatic carbocycles. The van der Waals surface area contributed by atoms with Crippen molar-refractivity contribution in [2.75, 3.05) is 35.2 Å². The van der Waals surface area contributed by atoms with Crippen LogP contribution in [0.15, 0.2) is 36.4 Å². The molecule has 0 radical (unpaired) electrons. The Bertz CT molecular complexity index is 826. The van der Waals surface area contributed by atoms with Gasteiger partial charge in [-0.1, -0.05) is 6.92 Å². The van der Waals surface area contributed by atoms with E-state index in [1.807, 2.05) is 18.2 Å². The Morgan fingerprint density at radius 2 is 1.96 bits per heavy atom. The molecule has 0 atom stereocenters. The fraction of sp³-hybridized carbons (Fsp3) is 0.381. The minimum Gasteiger partial charge on any atom is -0.482 e. The Morgan fingerprint density at radius 1 is 1.15 bits per heavy atom. The predicted octanol–water partition coefficient (Wildman–Crippen LogP) is 4.31. The average Bonchev–Trinajstić information content (AvgIpc) is 2.64. The number of carbonyl (C=O) groups excluding carboxylic acids is 1. The molecular formula is C21H25N3O2. The molecule has 1 fully saturated rings. The summed E-state index contributed by atoms with van der Waals surface area (Å²) in [6.45, 7) is 6.82. The van der Waals surface area contributed by atoms with E-state index in [1.165, 1.54) is 24.1 Å². The monoisotopic (exact) mass is 351 g/mol. The topological polar surface area (TPSA) is 53.6 Å². The first kappa shape index (κ1) is 16.8. The molecule has 0 aromatic heterocycles. The van der Waals surface area contributed by atoms with Crippen LogP contribution in [0.2, 0.25) is 0 Å². The van der Waals surface area contributed by atoms with E-state index in [2.05, 4.69) is 47.6 Å². The van der Waals surface area contributed by atoms with Crippen LogP contribution in [0.25, 0.3) is 0 Å². The first-order valence-electron chi connectivity index (χ1n) is 9.28. The van der Waals surface area contributed by atoms with Crippen molar-refractivity contribution in [3.8, 4) is 5.75 Å². The van der Waals surface area contributed by atoms with Gasteiger partial charge < -0.3 is 20.3 Å². The Morgan fingerprint density at radius 3 is 2.73 bits per heavy atom. The largest absolute Gasteiger partial charge is 0.482 e. The van der Waals surface area contributed by atoms with E-state index in [4.69, 9.17) is 4.74 Å². The first-order valence-corrected chi connectivity index (χ1v) is 9.28. The van der Waals surface area contributed by atoms with Gasteiger partial charge in [0.2, 0.25) is 0 Å². The summed E-state index contributed by atoms with van der Waals surface area (Å²) in [5, 5.41) is 6.27. The Labute approximate surface area is 154 Å². The van der Waals surface area contributed by atoms with Gasteiger partial charge in [0.25, 0.3) is 5.91 Å². The maximum Gasteiger partial charge on any atom is 0.262 e. The van der Waals surface area contributed by atoms with Crippen LogP contribution in [-0.4, -0.2) is 25.6 Å². The zero-order valence-electron chi connectivity index (χ0n) is 15.3. The Hall–Kier alpha value is -2.69. The van der Waals surface area contributed by atoms with E-state index >= 15 is 0 Å². The van der Waals surface area contributed by atoms with Gasteiger partial charge in [-0.2, -0.15) is 0 Å². The van der Waals surface area contributed by atoms with Crippen molar-refractivity contribution in [2.45, 2.75) is 26.7 Å². The van der Waals surface area contributed by atoms with Gasteiger partial charge in [-0.15, -0.1) is 0 Å². The second kappa shape index (κ2) is 6.90. The molecule has 2 heterocycles. The number of amides is 1. The second-order valence-corrected chi connectivity index (χ2v) is 7.34. The van der Waals surface area contributed by atoms with E-state index in [9.17, 15) is 4.79 Å². The zero-order chi connectivity index (χ0) is 18.1. The summed E-state index contributed by atoms with van der Waals surface area (Å²) in [5.41, 5.74) is 5.27. The standard InChI is InChI=1S/C21H25N3O2/c1-14-7-9-24(10-8-14)17-4-6-18(15(2)11-17)22-16-3-5-19-20(12-16)26-13-21(25)23-19/h3-6,11-12,14,22H,7-10,13H2,1-2H3,(H,23,25). The molecule has 2 aromatic carbocycles. The highest BCUT2D eigenvalue weighted by molar-refractivity contribution is 5.95. The number of anilines is 4. The van der Waals surface area contributed by atoms with Gasteiger partial charge in [-0.05, 0) is 61.6 Å². The lowest BCUT2D eigenvalue weighted by molar-refractivity contribution is -0.118. The summed E-state index contributed by atoms with van der Waals surface area (Å²) in [5.74, 6) is 1.42. The SMILES string of the molecule is Cc1cc(N2CCC(C)CC2)ccc1Nc1ccc2c(c1)OCC(=O)N2. The highest BCUT2D eigenvalue weighted by Gasteiger charge is 2.18. The average molecular weight is 351 g/mol. The van der Waals surface area contributed by atoms with Gasteiger partial charge in [0.15, 0.2) is 6.61 Å². The third-order valence-corrected chi connectivity index (χ3v) is 5.25. The molecule has 2 N–H and O–H groups in total. The van der Waals surface area contributed by atoms with E-state index in [0.717, 1.165) is 36.1 Å². The van der Waals surface area contributed by atoms with Crippen molar-refractivity contribution in [2.24, 2.45) is 5.92 Å². The summed E-state index contributed by atoms with van der Waals surface area (Å²) >= 11 is 0. The van der Waals surface area contributed by atoms with Gasteiger partial charge in [0.1, 0.15) is 5.75 Å². The highest BCUT2D eigenvalue weighted by Crippen LogP contribution is 2.33. The summed E-state index contributed by atoms with van der Waals surface area (Å²) in [6.07, 6.45) is 2.54. The van der Waals surface area contributed by atoms with Gasteiger partial charge in [-0.3, -0.25) is 4.79 Å². The molecule has 0 saturated carbocycles. The van der Waals surface area contributed by atoms with Crippen LogP contribution >= 0.6 is 0 Å². The fourth-order valence-corrected chi connectivity index (χ4v) is 3.56. The maximum atomic E-state index is 11.4. The molecule has 26 heavy (non-hydrogen) atoms. The number of nitrogens with zero attached hydrogens (tertiary/aromatic N) is 1. The number of fused-ring (bicyclic) bond motifs is 1. The molecule has 2 aliphatic rings. The highest BCUT2D eigenvalue weighted by atomic mass is 16.5. The lowest BCUT2D eigenvalue weighted by Crippen LogP contribution is -2.32. The van der Waals surface area contributed by atoms with Gasteiger partial charge in [0.05, 0.1) is 5.69 Å². The number of hydrogen-bond donors (Lipinski definition) is 2. The van der Waals surface area contributed by atoms with Crippen LogP contribution in [0, 0.1) is 12.8 Å². The third-order valence-electron chi connectivity index (χ3n) is 5.25. The number of ether oxygens (including phenoxy) is 1. The lowest BCUT2D eigenvalue weighted by atomic mass is 9.98. The molecule has 2 aliphatic heterocycles. The molecule has 4 rings (SSSR count). The number of aryl methyl sites for hydroxylation is 1. The van der Waals surface area contributed by atoms with E-state index in [-0.39, 0.29) is 12.5 Å². The molecule has 1 amide bonds. The van der Waals surface area contributed by atoms with Crippen LogP contribution in [0.3, 0.4) is 0 Å². The molecular weight excluding hydrogens is 326 g/mol. The second-order valence-electron chi connectivity index (χ2n) is 7.34. The third kappa shape index (κ3) is 3.47. The van der Waals surface area contributed by atoms with Crippen molar-refractivity contribution in [3.63, 3.8) is 0 Å². The summed E-state index contributed by atoms with van der Waals surface area (Å²) < 4.78 is 5.49. The molecule has 0 spiro atoms. The number of benzene rings is 2. The van der Waals surface area contributed by atoms with Crippen molar-refractivity contribution < 1.29 is 9.53 Å².